The predicted octanol–water partition coefficient (Wildman–Crippen LogP) is 4.85. The Kier molecular flexibility index (Phi) is 5.46. The van der Waals surface area contributed by atoms with Crippen LogP contribution in [-0.2, 0) is 6.42 Å². The van der Waals surface area contributed by atoms with Crippen molar-refractivity contribution >= 4 is 28.6 Å². The minimum atomic E-state index is 0.239. The number of nitrogens with zero attached hydrogens (tertiary/aromatic N) is 1. The summed E-state index contributed by atoms with van der Waals surface area (Å²) in [5, 5.41) is 0. The monoisotopic (exact) mass is 329 g/mol. The Morgan fingerprint density at radius 3 is 2.19 bits per heavy atom. The summed E-state index contributed by atoms with van der Waals surface area (Å²) in [7, 11) is 0. The Morgan fingerprint density at radius 1 is 1.19 bits per heavy atom. The van der Waals surface area contributed by atoms with Gasteiger partial charge >= 0.3 is 0 Å². The van der Waals surface area contributed by atoms with Gasteiger partial charge in [0, 0.05) is 11.1 Å². The molecule has 0 aliphatic heterocycles. The van der Waals surface area contributed by atoms with Gasteiger partial charge in [0.05, 0.1) is 22.9 Å². The van der Waals surface area contributed by atoms with Gasteiger partial charge in [0.25, 0.3) is 0 Å². The van der Waals surface area contributed by atoms with E-state index in [1.807, 2.05) is 0 Å². The molecule has 1 rings (SSSR count). The Morgan fingerprint density at radius 2 is 1.75 bits per heavy atom. The first-order valence-corrected chi connectivity index (χ1v) is 6.85. The molecular formula is C14H20IN. The van der Waals surface area contributed by atoms with Gasteiger partial charge in [0.15, 0.2) is 0 Å². The number of hydrogen-bond acceptors (Lipinski definition) is 1. The highest BCUT2D eigenvalue weighted by Gasteiger charge is 2.29. The summed E-state index contributed by atoms with van der Waals surface area (Å²) >= 11 is 2.12. The average Bonchev–Trinajstić information content (AvgIpc) is 2.36. The van der Waals surface area contributed by atoms with Crippen LogP contribution in [0.4, 0.5) is 0 Å². The summed E-state index contributed by atoms with van der Waals surface area (Å²) in [5.41, 5.74) is 2.91. The molecule has 0 heterocycles. The van der Waals surface area contributed by atoms with Crippen LogP contribution in [0.3, 0.4) is 0 Å². The smallest absolute Gasteiger partial charge is 0.0830 e. The van der Waals surface area contributed by atoms with E-state index in [0.29, 0.717) is 0 Å². The molecule has 2 heteroatoms. The number of hydrogen-bond donors (Lipinski definition) is 0. The van der Waals surface area contributed by atoms with Crippen molar-refractivity contribution in [2.24, 2.45) is 8.62 Å². The van der Waals surface area contributed by atoms with Gasteiger partial charge in [0.2, 0.25) is 0 Å². The molecule has 0 saturated carbocycles. The fraction of sp³-hybridized carbons (Fsp3) is 0.500. The first-order chi connectivity index (χ1) is 7.68. The largest absolute Gasteiger partial charge is 0.224 e. The third-order valence-corrected chi connectivity index (χ3v) is 4.36. The summed E-state index contributed by atoms with van der Waals surface area (Å²) < 4.78 is 4.39. The van der Waals surface area contributed by atoms with E-state index in [1.54, 1.807) is 0 Å². The molecule has 0 radical (unpaired) electrons. The lowest BCUT2D eigenvalue weighted by atomic mass is 9.73. The third kappa shape index (κ3) is 3.06. The van der Waals surface area contributed by atoms with Gasteiger partial charge in [-0.3, -0.25) is 0 Å². The molecule has 0 aliphatic carbocycles. The summed E-state index contributed by atoms with van der Waals surface area (Å²) in [5.74, 6) is 0. The molecule has 16 heavy (non-hydrogen) atoms. The van der Waals surface area contributed by atoms with Crippen molar-refractivity contribution in [3.63, 3.8) is 0 Å². The highest BCUT2D eigenvalue weighted by molar-refractivity contribution is 14.1. The molecule has 1 aromatic rings. The molecule has 0 fully saturated rings. The Bertz CT molecular complexity index is 339. The molecule has 0 atom stereocenters. The minimum Gasteiger partial charge on any atom is -0.224 e. The number of benzene rings is 1. The van der Waals surface area contributed by atoms with Crippen molar-refractivity contribution in [1.82, 2.24) is 0 Å². The van der Waals surface area contributed by atoms with Crippen molar-refractivity contribution in [3.8, 4) is 0 Å². The number of halogens is 1. The van der Waals surface area contributed by atoms with Gasteiger partial charge in [-0.15, -0.1) is 0 Å². The maximum Gasteiger partial charge on any atom is 0.0830 e. The third-order valence-electron chi connectivity index (χ3n) is 3.63. The van der Waals surface area contributed by atoms with Crippen molar-refractivity contribution in [1.29, 1.82) is 0 Å². The molecule has 0 bridgehead atoms. The fourth-order valence-corrected chi connectivity index (χ4v) is 2.73. The molecule has 0 aliphatic rings. The quantitative estimate of drug-likeness (QED) is 0.541. The van der Waals surface area contributed by atoms with Crippen LogP contribution in [0.5, 0.6) is 0 Å². The van der Waals surface area contributed by atoms with Crippen LogP contribution >= 0.6 is 22.9 Å². The number of rotatable bonds is 5. The molecule has 0 amide bonds. The van der Waals surface area contributed by atoms with Crippen LogP contribution in [0.25, 0.3) is 0 Å². The fourth-order valence-electron chi connectivity index (χ4n) is 2.22. The Balaban J connectivity index is 2.96. The van der Waals surface area contributed by atoms with E-state index < -0.39 is 0 Å². The Labute approximate surface area is 113 Å². The zero-order valence-electron chi connectivity index (χ0n) is 10.3. The Hall–Kier alpha value is -0.380. The molecule has 0 unspecified atom stereocenters. The van der Waals surface area contributed by atoms with E-state index in [4.69, 9.17) is 0 Å². The van der Waals surface area contributed by atoms with Gasteiger partial charge in [-0.1, -0.05) is 44.2 Å². The zero-order valence-corrected chi connectivity index (χ0v) is 12.5. The molecule has 0 saturated heterocycles. The molecule has 88 valence electrons. The highest BCUT2D eigenvalue weighted by Crippen LogP contribution is 2.33. The van der Waals surface area contributed by atoms with E-state index in [9.17, 15) is 0 Å². The molecule has 0 aromatic heterocycles. The van der Waals surface area contributed by atoms with Crippen LogP contribution in [-0.4, -0.2) is 5.71 Å². The van der Waals surface area contributed by atoms with Crippen LogP contribution in [0.2, 0.25) is 0 Å². The van der Waals surface area contributed by atoms with Gasteiger partial charge in [-0.2, -0.15) is 0 Å². The van der Waals surface area contributed by atoms with Gasteiger partial charge in [0.1, 0.15) is 0 Å². The average molecular weight is 329 g/mol. The van der Waals surface area contributed by atoms with E-state index in [1.165, 1.54) is 11.3 Å². The molecule has 0 spiro atoms. The second kappa shape index (κ2) is 6.38. The summed E-state index contributed by atoms with van der Waals surface area (Å²) in [4.78, 5) is 0. The standard InChI is InChI=1S/C14H20IN/c1-4-14(5-2,12(3)16-15)11-13-9-7-6-8-10-13/h6-10H,4-5,11H2,1-3H3. The van der Waals surface area contributed by atoms with Crippen LogP contribution in [0, 0.1) is 5.41 Å². The highest BCUT2D eigenvalue weighted by atomic mass is 127. The molecular weight excluding hydrogens is 309 g/mol. The maximum absolute atomic E-state index is 4.39. The second-order valence-electron chi connectivity index (χ2n) is 4.32. The molecule has 0 N–H and O–H groups in total. The topological polar surface area (TPSA) is 12.4 Å². The lowest BCUT2D eigenvalue weighted by Gasteiger charge is -2.31. The lowest BCUT2D eigenvalue weighted by Crippen LogP contribution is -2.30. The van der Waals surface area contributed by atoms with E-state index in [0.717, 1.165) is 19.3 Å². The maximum atomic E-state index is 4.39. The second-order valence-corrected chi connectivity index (χ2v) is 4.80. The van der Waals surface area contributed by atoms with Crippen LogP contribution in [0.15, 0.2) is 33.5 Å². The lowest BCUT2D eigenvalue weighted by molar-refractivity contribution is 0.384. The van der Waals surface area contributed by atoms with Gasteiger partial charge in [-0.25, -0.2) is 3.21 Å². The first kappa shape index (κ1) is 13.7. The van der Waals surface area contributed by atoms with Crippen molar-refractivity contribution < 1.29 is 0 Å². The van der Waals surface area contributed by atoms with E-state index in [2.05, 4.69) is 77.2 Å². The van der Waals surface area contributed by atoms with Gasteiger partial charge < -0.3 is 0 Å². The van der Waals surface area contributed by atoms with E-state index in [-0.39, 0.29) is 5.41 Å². The van der Waals surface area contributed by atoms with Crippen LogP contribution < -0.4 is 0 Å². The van der Waals surface area contributed by atoms with Crippen molar-refractivity contribution in [2.75, 3.05) is 0 Å². The molecule has 1 nitrogen and oxygen atoms in total. The first-order valence-electron chi connectivity index (χ1n) is 5.88. The zero-order chi connectivity index (χ0) is 12.0. The minimum absolute atomic E-state index is 0.239. The van der Waals surface area contributed by atoms with Gasteiger partial charge in [-0.05, 0) is 31.7 Å². The predicted molar refractivity (Wildman–Crippen MR) is 80.3 cm³/mol. The molecule has 1 aromatic carbocycles. The van der Waals surface area contributed by atoms with Crippen molar-refractivity contribution in [2.45, 2.75) is 40.0 Å². The normalized spacial score (nSPS) is 12.9. The summed E-state index contributed by atoms with van der Waals surface area (Å²) in [6.45, 7) is 6.68. The summed E-state index contributed by atoms with van der Waals surface area (Å²) in [6, 6.07) is 10.7. The van der Waals surface area contributed by atoms with Crippen LogP contribution in [0.1, 0.15) is 39.2 Å². The van der Waals surface area contributed by atoms with E-state index >= 15 is 0 Å². The summed E-state index contributed by atoms with van der Waals surface area (Å²) in [6.07, 6.45) is 3.40. The van der Waals surface area contributed by atoms with Crippen molar-refractivity contribution in [3.05, 3.63) is 35.9 Å². The SMILES string of the molecule is CCC(CC)(Cc1ccccc1)C(C)=NI.